The predicted octanol–water partition coefficient (Wildman–Crippen LogP) is 2.75. The summed E-state index contributed by atoms with van der Waals surface area (Å²) in [6.07, 6.45) is 3.07. The van der Waals surface area contributed by atoms with Crippen LogP contribution in [0.15, 0.2) is 34.9 Å². The van der Waals surface area contributed by atoms with Crippen molar-refractivity contribution in [2.24, 2.45) is 5.92 Å². The maximum Gasteiger partial charge on any atom is 0.134 e. The van der Waals surface area contributed by atoms with Gasteiger partial charge in [-0.1, -0.05) is 18.2 Å². The minimum absolute atomic E-state index is 0.133. The van der Waals surface area contributed by atoms with Crippen molar-refractivity contribution in [1.82, 2.24) is 5.32 Å². The van der Waals surface area contributed by atoms with Crippen LogP contribution in [0.1, 0.15) is 18.1 Å². The molecule has 2 atom stereocenters. The maximum atomic E-state index is 5.94. The Hall–Kier alpha value is -1.36. The summed E-state index contributed by atoms with van der Waals surface area (Å²) in [5.74, 6) is 0.493. The van der Waals surface area contributed by atoms with Crippen LogP contribution in [0.25, 0.3) is 11.0 Å². The second-order valence-electron chi connectivity index (χ2n) is 5.22. The Kier molecular flexibility index (Phi) is 4.35. The Labute approximate surface area is 119 Å². The number of methoxy groups -OCH3 is 1. The third kappa shape index (κ3) is 2.73. The summed E-state index contributed by atoms with van der Waals surface area (Å²) >= 11 is 0. The number of ether oxygens (including phenoxy) is 2. The first-order chi connectivity index (χ1) is 9.90. The van der Waals surface area contributed by atoms with Gasteiger partial charge in [-0.05, 0) is 12.5 Å². The SMILES string of the molecule is COCCNCC1CCOC1c1coc2ccccc12. The Morgan fingerprint density at radius 2 is 2.25 bits per heavy atom. The highest BCUT2D eigenvalue weighted by Crippen LogP contribution is 2.38. The van der Waals surface area contributed by atoms with Crippen LogP contribution in [0.2, 0.25) is 0 Å². The lowest BCUT2D eigenvalue weighted by Gasteiger charge is -2.18. The van der Waals surface area contributed by atoms with E-state index in [1.54, 1.807) is 7.11 Å². The van der Waals surface area contributed by atoms with Gasteiger partial charge < -0.3 is 19.2 Å². The highest BCUT2D eigenvalue weighted by atomic mass is 16.5. The molecule has 1 aliphatic rings. The minimum Gasteiger partial charge on any atom is -0.464 e. The fourth-order valence-corrected chi connectivity index (χ4v) is 2.87. The molecule has 0 radical (unpaired) electrons. The smallest absolute Gasteiger partial charge is 0.134 e. The molecule has 2 heterocycles. The van der Waals surface area contributed by atoms with Gasteiger partial charge in [-0.15, -0.1) is 0 Å². The Morgan fingerprint density at radius 1 is 1.35 bits per heavy atom. The quantitative estimate of drug-likeness (QED) is 0.823. The number of furan rings is 1. The molecule has 2 aromatic rings. The number of fused-ring (bicyclic) bond motifs is 1. The minimum atomic E-state index is 0.133. The van der Waals surface area contributed by atoms with E-state index in [1.165, 1.54) is 10.9 Å². The van der Waals surface area contributed by atoms with E-state index in [4.69, 9.17) is 13.9 Å². The van der Waals surface area contributed by atoms with Gasteiger partial charge in [0.1, 0.15) is 5.58 Å². The van der Waals surface area contributed by atoms with Gasteiger partial charge in [0, 0.05) is 43.7 Å². The topological polar surface area (TPSA) is 43.6 Å². The van der Waals surface area contributed by atoms with Crippen molar-refractivity contribution in [2.75, 3.05) is 33.4 Å². The molecule has 108 valence electrons. The lowest BCUT2D eigenvalue weighted by atomic mass is 9.95. The van der Waals surface area contributed by atoms with Crippen LogP contribution in [0, 0.1) is 5.92 Å². The summed E-state index contributed by atoms with van der Waals surface area (Å²) in [4.78, 5) is 0. The van der Waals surface area contributed by atoms with Crippen molar-refractivity contribution in [2.45, 2.75) is 12.5 Å². The van der Waals surface area contributed by atoms with Crippen LogP contribution in [0.4, 0.5) is 0 Å². The van der Waals surface area contributed by atoms with Crippen molar-refractivity contribution in [3.05, 3.63) is 36.1 Å². The molecule has 2 unspecified atom stereocenters. The monoisotopic (exact) mass is 275 g/mol. The molecule has 0 bridgehead atoms. The van der Waals surface area contributed by atoms with E-state index in [2.05, 4.69) is 11.4 Å². The second kappa shape index (κ2) is 6.39. The number of benzene rings is 1. The molecular weight excluding hydrogens is 254 g/mol. The summed E-state index contributed by atoms with van der Waals surface area (Å²) in [6, 6.07) is 8.14. The predicted molar refractivity (Wildman–Crippen MR) is 77.8 cm³/mol. The number of hydrogen-bond donors (Lipinski definition) is 1. The fourth-order valence-electron chi connectivity index (χ4n) is 2.87. The van der Waals surface area contributed by atoms with Crippen molar-refractivity contribution in [3.8, 4) is 0 Å². The molecule has 1 aromatic carbocycles. The first-order valence-electron chi connectivity index (χ1n) is 7.17. The normalized spacial score (nSPS) is 22.6. The average molecular weight is 275 g/mol. The highest BCUT2D eigenvalue weighted by Gasteiger charge is 2.31. The molecule has 20 heavy (non-hydrogen) atoms. The molecule has 1 aliphatic heterocycles. The lowest BCUT2D eigenvalue weighted by molar-refractivity contribution is 0.0903. The summed E-state index contributed by atoms with van der Waals surface area (Å²) in [5.41, 5.74) is 2.11. The molecule has 1 aromatic heterocycles. The van der Waals surface area contributed by atoms with Crippen LogP contribution < -0.4 is 5.32 Å². The molecule has 3 rings (SSSR count). The number of rotatable bonds is 6. The van der Waals surface area contributed by atoms with E-state index in [0.29, 0.717) is 5.92 Å². The van der Waals surface area contributed by atoms with Crippen molar-refractivity contribution in [1.29, 1.82) is 0 Å². The van der Waals surface area contributed by atoms with E-state index in [1.807, 2.05) is 24.5 Å². The number of hydrogen-bond acceptors (Lipinski definition) is 4. The van der Waals surface area contributed by atoms with Gasteiger partial charge in [0.15, 0.2) is 0 Å². The summed E-state index contributed by atoms with van der Waals surface area (Å²) in [5, 5.41) is 4.60. The highest BCUT2D eigenvalue weighted by molar-refractivity contribution is 5.81. The molecular formula is C16H21NO3. The molecule has 4 heteroatoms. The lowest BCUT2D eigenvalue weighted by Crippen LogP contribution is -2.27. The summed E-state index contributed by atoms with van der Waals surface area (Å²) in [7, 11) is 1.72. The van der Waals surface area contributed by atoms with Crippen LogP contribution in [0.5, 0.6) is 0 Å². The molecule has 1 saturated heterocycles. The van der Waals surface area contributed by atoms with Crippen molar-refractivity contribution >= 4 is 11.0 Å². The average Bonchev–Trinajstić information content (AvgIpc) is 3.09. The summed E-state index contributed by atoms with van der Waals surface area (Å²) < 4.78 is 16.6. The zero-order chi connectivity index (χ0) is 13.8. The standard InChI is InChI=1S/C16H21NO3/c1-18-9-7-17-10-12-6-8-19-16(12)14-11-20-15-5-3-2-4-13(14)15/h2-5,11-12,16-17H,6-10H2,1H3. The third-order valence-electron chi connectivity index (χ3n) is 3.92. The molecule has 1 N–H and O–H groups in total. The largest absolute Gasteiger partial charge is 0.464 e. The first kappa shape index (κ1) is 13.6. The van der Waals surface area contributed by atoms with Gasteiger partial charge in [0.25, 0.3) is 0 Å². The summed E-state index contributed by atoms with van der Waals surface area (Å²) in [6.45, 7) is 3.40. The first-order valence-corrected chi connectivity index (χ1v) is 7.17. The van der Waals surface area contributed by atoms with E-state index in [-0.39, 0.29) is 6.10 Å². The molecule has 4 nitrogen and oxygen atoms in total. The van der Waals surface area contributed by atoms with E-state index < -0.39 is 0 Å². The zero-order valence-corrected chi connectivity index (χ0v) is 11.8. The van der Waals surface area contributed by atoms with Crippen LogP contribution in [0.3, 0.4) is 0 Å². The van der Waals surface area contributed by atoms with Crippen molar-refractivity contribution in [3.63, 3.8) is 0 Å². The van der Waals surface area contributed by atoms with E-state index in [0.717, 1.165) is 38.3 Å². The third-order valence-corrected chi connectivity index (χ3v) is 3.92. The van der Waals surface area contributed by atoms with E-state index >= 15 is 0 Å². The molecule has 1 fully saturated rings. The Morgan fingerprint density at radius 3 is 3.15 bits per heavy atom. The Balaban J connectivity index is 1.71. The van der Waals surface area contributed by atoms with Gasteiger partial charge in [0.05, 0.1) is 19.0 Å². The van der Waals surface area contributed by atoms with Crippen LogP contribution >= 0.6 is 0 Å². The number of nitrogens with one attached hydrogen (secondary N) is 1. The molecule has 0 amide bonds. The molecule has 0 saturated carbocycles. The molecule has 0 aliphatic carbocycles. The molecule has 0 spiro atoms. The zero-order valence-electron chi connectivity index (χ0n) is 11.8. The van der Waals surface area contributed by atoms with Gasteiger partial charge in [-0.2, -0.15) is 0 Å². The van der Waals surface area contributed by atoms with Gasteiger partial charge in [-0.3, -0.25) is 0 Å². The van der Waals surface area contributed by atoms with Gasteiger partial charge >= 0.3 is 0 Å². The maximum absolute atomic E-state index is 5.94. The van der Waals surface area contributed by atoms with Gasteiger partial charge in [-0.25, -0.2) is 0 Å². The second-order valence-corrected chi connectivity index (χ2v) is 5.22. The van der Waals surface area contributed by atoms with Crippen molar-refractivity contribution < 1.29 is 13.9 Å². The fraction of sp³-hybridized carbons (Fsp3) is 0.500. The number of para-hydroxylation sites is 1. The van der Waals surface area contributed by atoms with E-state index in [9.17, 15) is 0 Å². The Bertz CT molecular complexity index is 551. The van der Waals surface area contributed by atoms with Gasteiger partial charge in [0.2, 0.25) is 0 Å². The van der Waals surface area contributed by atoms with Crippen LogP contribution in [-0.2, 0) is 9.47 Å². The van der Waals surface area contributed by atoms with Crippen LogP contribution in [-0.4, -0.2) is 33.4 Å².